The van der Waals surface area contributed by atoms with Gasteiger partial charge >= 0.3 is 0 Å². The van der Waals surface area contributed by atoms with Gasteiger partial charge in [-0.05, 0) is 32.6 Å². The molecule has 1 heterocycles. The minimum absolute atomic E-state index is 0. The number of aryl methyl sites for hydroxylation is 2. The normalized spacial score (nSPS) is 11.1. The topological polar surface area (TPSA) is 45.5 Å². The SMILES string of the molecule is C=CCCCN(C)C(=NCc1c(CC)nn(C)c1CC)NCC.I. The van der Waals surface area contributed by atoms with Gasteiger partial charge in [0.2, 0.25) is 0 Å². The third-order valence-corrected chi connectivity index (χ3v) is 4.01. The minimum atomic E-state index is 0. The fourth-order valence-electron chi connectivity index (χ4n) is 2.77. The Labute approximate surface area is 164 Å². The molecule has 0 aliphatic rings. The highest BCUT2D eigenvalue weighted by Crippen LogP contribution is 2.16. The van der Waals surface area contributed by atoms with Crippen LogP contribution < -0.4 is 5.32 Å². The lowest BCUT2D eigenvalue weighted by molar-refractivity contribution is 0.470. The molecule has 5 nitrogen and oxygen atoms in total. The Hall–Kier alpha value is -1.05. The molecule has 0 aliphatic heterocycles. The molecule has 0 bridgehead atoms. The number of unbranched alkanes of at least 4 members (excludes halogenated alkanes) is 1. The first-order valence-electron chi connectivity index (χ1n) is 8.72. The summed E-state index contributed by atoms with van der Waals surface area (Å²) in [5.41, 5.74) is 3.74. The van der Waals surface area contributed by atoms with Gasteiger partial charge in [0.05, 0.1) is 12.2 Å². The van der Waals surface area contributed by atoms with Crippen molar-refractivity contribution in [3.8, 4) is 0 Å². The second kappa shape index (κ2) is 12.3. The van der Waals surface area contributed by atoms with E-state index in [1.807, 2.05) is 17.8 Å². The smallest absolute Gasteiger partial charge is 0.193 e. The van der Waals surface area contributed by atoms with Crippen LogP contribution in [0.3, 0.4) is 0 Å². The molecule has 138 valence electrons. The fourth-order valence-corrected chi connectivity index (χ4v) is 2.77. The van der Waals surface area contributed by atoms with Gasteiger partial charge in [0.25, 0.3) is 0 Å². The van der Waals surface area contributed by atoms with E-state index >= 15 is 0 Å². The number of aliphatic imine (C=N–C) groups is 1. The van der Waals surface area contributed by atoms with Crippen LogP contribution in [0.25, 0.3) is 0 Å². The average molecular weight is 447 g/mol. The summed E-state index contributed by atoms with van der Waals surface area (Å²) in [5.74, 6) is 0.963. The van der Waals surface area contributed by atoms with E-state index in [2.05, 4.69) is 49.7 Å². The van der Waals surface area contributed by atoms with Gasteiger partial charge in [-0.15, -0.1) is 30.6 Å². The van der Waals surface area contributed by atoms with Crippen molar-refractivity contribution >= 4 is 29.9 Å². The average Bonchev–Trinajstić information content (AvgIpc) is 2.86. The highest BCUT2D eigenvalue weighted by atomic mass is 127. The summed E-state index contributed by atoms with van der Waals surface area (Å²) in [6.07, 6.45) is 6.03. The number of hydrogen-bond donors (Lipinski definition) is 1. The van der Waals surface area contributed by atoms with E-state index in [-0.39, 0.29) is 24.0 Å². The molecule has 1 aromatic rings. The first-order chi connectivity index (χ1) is 11.1. The first kappa shape index (κ1) is 22.9. The standard InChI is InChI=1S/C18H33N5.HI/c1-7-11-12-13-22(5)18(19-10-4)20-14-15-16(8-2)21-23(6)17(15)9-3;/h7H,1,8-14H2,2-6H3,(H,19,20);1H. The van der Waals surface area contributed by atoms with Crippen molar-refractivity contribution in [1.82, 2.24) is 20.0 Å². The predicted molar refractivity (Wildman–Crippen MR) is 114 cm³/mol. The Morgan fingerprint density at radius 2 is 2.04 bits per heavy atom. The zero-order valence-electron chi connectivity index (χ0n) is 15.9. The summed E-state index contributed by atoms with van der Waals surface area (Å²) in [5, 5.41) is 8.02. The number of halogens is 1. The molecular formula is C18H34IN5. The Bertz CT molecular complexity index is 522. The van der Waals surface area contributed by atoms with Gasteiger partial charge in [-0.3, -0.25) is 4.68 Å². The summed E-state index contributed by atoms with van der Waals surface area (Å²) in [6, 6.07) is 0. The number of guanidine groups is 1. The van der Waals surface area contributed by atoms with E-state index in [9.17, 15) is 0 Å². The maximum atomic E-state index is 4.85. The molecule has 24 heavy (non-hydrogen) atoms. The lowest BCUT2D eigenvalue weighted by Gasteiger charge is -2.21. The number of nitrogens with one attached hydrogen (secondary N) is 1. The second-order valence-corrected chi connectivity index (χ2v) is 5.73. The third-order valence-electron chi connectivity index (χ3n) is 4.01. The van der Waals surface area contributed by atoms with Crippen LogP contribution in [0.15, 0.2) is 17.6 Å². The van der Waals surface area contributed by atoms with Crippen LogP contribution in [0.4, 0.5) is 0 Å². The maximum absolute atomic E-state index is 4.85. The monoisotopic (exact) mass is 447 g/mol. The highest BCUT2D eigenvalue weighted by Gasteiger charge is 2.14. The van der Waals surface area contributed by atoms with E-state index in [0.29, 0.717) is 6.54 Å². The quantitative estimate of drug-likeness (QED) is 0.207. The predicted octanol–water partition coefficient (Wildman–Crippen LogP) is 3.53. The van der Waals surface area contributed by atoms with Crippen LogP contribution in [0, 0.1) is 0 Å². The molecule has 0 aliphatic carbocycles. The van der Waals surface area contributed by atoms with Crippen molar-refractivity contribution in [3.05, 3.63) is 29.6 Å². The molecule has 0 unspecified atom stereocenters. The van der Waals surface area contributed by atoms with Crippen molar-refractivity contribution in [2.24, 2.45) is 12.0 Å². The highest BCUT2D eigenvalue weighted by molar-refractivity contribution is 14.0. The molecule has 0 atom stereocenters. The van der Waals surface area contributed by atoms with Crippen LogP contribution in [0.2, 0.25) is 0 Å². The molecule has 6 heteroatoms. The molecule has 0 spiro atoms. The van der Waals surface area contributed by atoms with Crippen molar-refractivity contribution in [2.45, 2.75) is 53.0 Å². The van der Waals surface area contributed by atoms with E-state index in [1.54, 1.807) is 0 Å². The lowest BCUT2D eigenvalue weighted by Crippen LogP contribution is -2.39. The van der Waals surface area contributed by atoms with Crippen molar-refractivity contribution in [2.75, 3.05) is 20.1 Å². The lowest BCUT2D eigenvalue weighted by atomic mass is 10.1. The first-order valence-corrected chi connectivity index (χ1v) is 8.72. The van der Waals surface area contributed by atoms with Crippen molar-refractivity contribution < 1.29 is 0 Å². The molecule has 1 aromatic heterocycles. The van der Waals surface area contributed by atoms with Gasteiger partial charge < -0.3 is 10.2 Å². The number of hydrogen-bond acceptors (Lipinski definition) is 2. The molecule has 0 amide bonds. The van der Waals surface area contributed by atoms with Crippen molar-refractivity contribution in [1.29, 1.82) is 0 Å². The van der Waals surface area contributed by atoms with Crippen LogP contribution in [-0.4, -0.2) is 40.8 Å². The summed E-state index contributed by atoms with van der Waals surface area (Å²) in [7, 11) is 4.12. The summed E-state index contributed by atoms with van der Waals surface area (Å²) < 4.78 is 2.00. The number of allylic oxidation sites excluding steroid dienone is 1. The Morgan fingerprint density at radius 3 is 2.58 bits per heavy atom. The van der Waals surface area contributed by atoms with Gasteiger partial charge in [-0.2, -0.15) is 5.10 Å². The van der Waals surface area contributed by atoms with E-state index in [0.717, 1.165) is 44.7 Å². The van der Waals surface area contributed by atoms with Gasteiger partial charge in [0.15, 0.2) is 5.96 Å². The van der Waals surface area contributed by atoms with Crippen LogP contribution >= 0.6 is 24.0 Å². The Balaban J connectivity index is 0.00000529. The molecular weight excluding hydrogens is 413 g/mol. The number of aromatic nitrogens is 2. The van der Waals surface area contributed by atoms with E-state index < -0.39 is 0 Å². The van der Waals surface area contributed by atoms with E-state index in [1.165, 1.54) is 17.0 Å². The van der Waals surface area contributed by atoms with Crippen molar-refractivity contribution in [3.63, 3.8) is 0 Å². The van der Waals surface area contributed by atoms with Gasteiger partial charge in [0, 0.05) is 38.4 Å². The zero-order chi connectivity index (χ0) is 17.2. The van der Waals surface area contributed by atoms with Gasteiger partial charge in [-0.25, -0.2) is 4.99 Å². The summed E-state index contributed by atoms with van der Waals surface area (Å²) in [4.78, 5) is 7.04. The number of rotatable bonds is 9. The van der Waals surface area contributed by atoms with Gasteiger partial charge in [-0.1, -0.05) is 19.9 Å². The molecule has 0 saturated carbocycles. The summed E-state index contributed by atoms with van der Waals surface area (Å²) in [6.45, 7) is 12.8. The molecule has 0 saturated heterocycles. The zero-order valence-corrected chi connectivity index (χ0v) is 18.3. The van der Waals surface area contributed by atoms with Gasteiger partial charge in [0.1, 0.15) is 0 Å². The Kier molecular flexibility index (Phi) is 11.8. The molecule has 1 N–H and O–H groups in total. The minimum Gasteiger partial charge on any atom is -0.357 e. The largest absolute Gasteiger partial charge is 0.357 e. The Morgan fingerprint density at radius 1 is 1.33 bits per heavy atom. The molecule has 0 fully saturated rings. The second-order valence-electron chi connectivity index (χ2n) is 5.73. The third kappa shape index (κ3) is 6.45. The molecule has 1 rings (SSSR count). The van der Waals surface area contributed by atoms with Crippen LogP contribution in [-0.2, 0) is 26.4 Å². The number of nitrogens with zero attached hydrogens (tertiary/aromatic N) is 4. The summed E-state index contributed by atoms with van der Waals surface area (Å²) >= 11 is 0. The molecule has 0 aromatic carbocycles. The van der Waals surface area contributed by atoms with E-state index in [4.69, 9.17) is 4.99 Å². The van der Waals surface area contributed by atoms with Crippen LogP contribution in [0.1, 0.15) is 50.6 Å². The fraction of sp³-hybridized carbons (Fsp3) is 0.667. The van der Waals surface area contributed by atoms with Crippen LogP contribution in [0.5, 0.6) is 0 Å². The molecule has 0 radical (unpaired) electrons. The maximum Gasteiger partial charge on any atom is 0.193 e.